The number of benzene rings is 1. The normalized spacial score (nSPS) is 11.4. The summed E-state index contributed by atoms with van der Waals surface area (Å²) in [7, 11) is 2.63. The van der Waals surface area contributed by atoms with Crippen LogP contribution in [0.1, 0.15) is 10.4 Å². The molecule has 2 amide bonds. The van der Waals surface area contributed by atoms with Gasteiger partial charge in [-0.3, -0.25) is 9.59 Å². The lowest BCUT2D eigenvalue weighted by Gasteiger charge is -2.19. The molecule has 0 bridgehead atoms. The lowest BCUT2D eigenvalue weighted by Crippen LogP contribution is -2.48. The highest BCUT2D eigenvalue weighted by Crippen LogP contribution is 2.02. The third kappa shape index (κ3) is 4.88. The molecule has 1 unspecified atom stereocenters. The summed E-state index contributed by atoms with van der Waals surface area (Å²) in [5.41, 5.74) is 0.458. The second-order valence-corrected chi connectivity index (χ2v) is 4.35. The smallest absolute Gasteiger partial charge is 0.330 e. The van der Waals surface area contributed by atoms with Gasteiger partial charge >= 0.3 is 5.97 Å². The van der Waals surface area contributed by atoms with Gasteiger partial charge in [0.25, 0.3) is 5.91 Å². The maximum absolute atomic E-state index is 12.0. The maximum atomic E-state index is 12.0. The Labute approximate surface area is 122 Å². The van der Waals surface area contributed by atoms with Crippen LogP contribution in [0.2, 0.25) is 0 Å². The molecule has 2 N–H and O–H groups in total. The summed E-state index contributed by atoms with van der Waals surface area (Å²) in [6.45, 7) is -0.810. The molecule has 0 radical (unpaired) electrons. The zero-order valence-electron chi connectivity index (χ0n) is 11.9. The molecule has 0 aromatic heterocycles. The van der Waals surface area contributed by atoms with E-state index in [1.54, 1.807) is 30.3 Å². The van der Waals surface area contributed by atoms with Gasteiger partial charge in [0.2, 0.25) is 5.91 Å². The zero-order chi connectivity index (χ0) is 15.8. The van der Waals surface area contributed by atoms with Crippen molar-refractivity contribution in [1.29, 1.82) is 0 Å². The molecule has 0 spiro atoms. The largest absolute Gasteiger partial charge is 0.467 e. The van der Waals surface area contributed by atoms with Crippen LogP contribution in [0.3, 0.4) is 0 Å². The maximum Gasteiger partial charge on any atom is 0.330 e. The number of aliphatic hydroxyl groups excluding tert-OH is 1. The molecule has 0 saturated heterocycles. The van der Waals surface area contributed by atoms with Crippen molar-refractivity contribution in [2.45, 2.75) is 6.04 Å². The highest BCUT2D eigenvalue weighted by Gasteiger charge is 2.22. The fraction of sp³-hybridized carbons (Fsp3) is 0.357. The van der Waals surface area contributed by atoms with E-state index in [1.807, 2.05) is 0 Å². The Morgan fingerprint density at radius 3 is 2.43 bits per heavy atom. The zero-order valence-corrected chi connectivity index (χ0v) is 11.9. The topological polar surface area (TPSA) is 95.9 Å². The van der Waals surface area contributed by atoms with Crippen molar-refractivity contribution in [2.75, 3.05) is 27.3 Å². The van der Waals surface area contributed by atoms with Crippen molar-refractivity contribution >= 4 is 17.8 Å². The molecule has 1 rings (SSSR count). The minimum atomic E-state index is -1.14. The van der Waals surface area contributed by atoms with Gasteiger partial charge in [-0.1, -0.05) is 18.2 Å². The molecular formula is C14H18N2O5. The van der Waals surface area contributed by atoms with E-state index >= 15 is 0 Å². The quantitative estimate of drug-likeness (QED) is 0.684. The molecule has 1 atom stereocenters. The summed E-state index contributed by atoms with van der Waals surface area (Å²) in [6.07, 6.45) is 0. The van der Waals surface area contributed by atoms with Gasteiger partial charge in [-0.2, -0.15) is 0 Å². The van der Waals surface area contributed by atoms with Gasteiger partial charge in [0.15, 0.2) is 6.04 Å². The van der Waals surface area contributed by atoms with Gasteiger partial charge in [-0.15, -0.1) is 0 Å². The number of rotatable bonds is 6. The second kappa shape index (κ2) is 8.01. The summed E-state index contributed by atoms with van der Waals surface area (Å²) >= 11 is 0. The van der Waals surface area contributed by atoms with Crippen LogP contribution in [-0.2, 0) is 14.3 Å². The number of methoxy groups -OCH3 is 1. The number of aliphatic hydroxyl groups is 1. The van der Waals surface area contributed by atoms with Crippen LogP contribution in [-0.4, -0.2) is 61.1 Å². The number of hydrogen-bond donors (Lipinski definition) is 2. The molecule has 0 aliphatic carbocycles. The van der Waals surface area contributed by atoms with Crippen LogP contribution in [0.25, 0.3) is 0 Å². The molecule has 7 heteroatoms. The minimum absolute atomic E-state index is 0.235. The Hall–Kier alpha value is -2.41. The highest BCUT2D eigenvalue weighted by atomic mass is 16.5. The van der Waals surface area contributed by atoms with E-state index in [-0.39, 0.29) is 12.5 Å². The molecule has 0 fully saturated rings. The molecule has 0 aliphatic heterocycles. The average molecular weight is 294 g/mol. The predicted molar refractivity (Wildman–Crippen MR) is 74.4 cm³/mol. The van der Waals surface area contributed by atoms with Gasteiger partial charge < -0.3 is 20.1 Å². The van der Waals surface area contributed by atoms with E-state index < -0.39 is 24.5 Å². The monoisotopic (exact) mass is 294 g/mol. The third-order valence-corrected chi connectivity index (χ3v) is 2.75. The number of likely N-dealkylation sites (N-methyl/N-ethyl adjacent to an activating group) is 1. The van der Waals surface area contributed by atoms with E-state index in [0.717, 1.165) is 7.11 Å². The molecule has 114 valence electrons. The minimum Gasteiger partial charge on any atom is -0.467 e. The van der Waals surface area contributed by atoms with E-state index in [2.05, 4.69) is 10.1 Å². The summed E-state index contributed by atoms with van der Waals surface area (Å²) in [5.74, 6) is -1.63. The first-order valence-corrected chi connectivity index (χ1v) is 6.28. The first-order valence-electron chi connectivity index (χ1n) is 6.28. The number of hydrogen-bond acceptors (Lipinski definition) is 5. The Bertz CT molecular complexity index is 503. The van der Waals surface area contributed by atoms with Crippen molar-refractivity contribution in [1.82, 2.24) is 10.2 Å². The molecule has 1 aromatic rings. The van der Waals surface area contributed by atoms with Gasteiger partial charge in [0.05, 0.1) is 20.3 Å². The number of amides is 2. The number of nitrogens with one attached hydrogen (secondary N) is 1. The summed E-state index contributed by atoms with van der Waals surface area (Å²) in [4.78, 5) is 36.2. The van der Waals surface area contributed by atoms with Crippen LogP contribution in [0, 0.1) is 0 Å². The van der Waals surface area contributed by atoms with E-state index in [4.69, 9.17) is 5.11 Å². The fourth-order valence-electron chi connectivity index (χ4n) is 1.65. The van der Waals surface area contributed by atoms with Crippen molar-refractivity contribution in [3.8, 4) is 0 Å². The lowest BCUT2D eigenvalue weighted by atomic mass is 10.2. The lowest BCUT2D eigenvalue weighted by molar-refractivity contribution is -0.146. The Morgan fingerprint density at radius 2 is 1.90 bits per heavy atom. The first kappa shape index (κ1) is 16.6. The van der Waals surface area contributed by atoms with Crippen LogP contribution in [0.15, 0.2) is 30.3 Å². The van der Waals surface area contributed by atoms with Gasteiger partial charge in [0.1, 0.15) is 0 Å². The van der Waals surface area contributed by atoms with Crippen molar-refractivity contribution in [3.63, 3.8) is 0 Å². The molecule has 0 saturated carbocycles. The summed E-state index contributed by atoms with van der Waals surface area (Å²) in [5, 5.41) is 11.3. The van der Waals surface area contributed by atoms with Crippen molar-refractivity contribution < 1.29 is 24.2 Å². The first-order chi connectivity index (χ1) is 9.99. The van der Waals surface area contributed by atoms with Gasteiger partial charge in [-0.05, 0) is 12.1 Å². The van der Waals surface area contributed by atoms with E-state index in [9.17, 15) is 14.4 Å². The average Bonchev–Trinajstić information content (AvgIpc) is 2.51. The van der Waals surface area contributed by atoms with Crippen molar-refractivity contribution in [2.24, 2.45) is 0 Å². The number of nitrogens with zero attached hydrogens (tertiary/aromatic N) is 1. The van der Waals surface area contributed by atoms with Crippen LogP contribution >= 0.6 is 0 Å². The standard InChI is InChI=1S/C14H18N2O5/c1-16(13(19)10-6-4-3-5-7-10)8-12(18)15-11(9-17)14(20)21-2/h3-7,11,17H,8-9H2,1-2H3,(H,15,18). The van der Waals surface area contributed by atoms with E-state index in [0.29, 0.717) is 5.56 Å². The van der Waals surface area contributed by atoms with Crippen molar-refractivity contribution in [3.05, 3.63) is 35.9 Å². The molecule has 1 aromatic carbocycles. The Kier molecular flexibility index (Phi) is 6.35. The van der Waals surface area contributed by atoms with Crippen LogP contribution in [0.5, 0.6) is 0 Å². The van der Waals surface area contributed by atoms with E-state index in [1.165, 1.54) is 11.9 Å². The van der Waals surface area contributed by atoms with Gasteiger partial charge in [-0.25, -0.2) is 4.79 Å². The molecule has 0 heterocycles. The number of carbonyl (C=O) groups excluding carboxylic acids is 3. The van der Waals surface area contributed by atoms with Crippen LogP contribution in [0.4, 0.5) is 0 Å². The predicted octanol–water partition coefficient (Wildman–Crippen LogP) is -0.591. The molecule has 0 aliphatic rings. The fourth-order valence-corrected chi connectivity index (χ4v) is 1.65. The summed E-state index contributed by atoms with van der Waals surface area (Å²) < 4.78 is 4.43. The third-order valence-electron chi connectivity index (χ3n) is 2.75. The Morgan fingerprint density at radius 1 is 1.29 bits per heavy atom. The summed E-state index contributed by atoms with van der Waals surface area (Å²) in [6, 6.07) is 7.37. The SMILES string of the molecule is COC(=O)C(CO)NC(=O)CN(C)C(=O)c1ccccc1. The van der Waals surface area contributed by atoms with Crippen LogP contribution < -0.4 is 5.32 Å². The number of carbonyl (C=O) groups is 3. The Balaban J connectivity index is 2.58. The molecule has 21 heavy (non-hydrogen) atoms. The molecular weight excluding hydrogens is 276 g/mol. The number of esters is 1. The molecule has 7 nitrogen and oxygen atoms in total. The van der Waals surface area contributed by atoms with Gasteiger partial charge in [0, 0.05) is 12.6 Å². The second-order valence-electron chi connectivity index (χ2n) is 4.35. The highest BCUT2D eigenvalue weighted by molar-refractivity contribution is 5.96. The number of ether oxygens (including phenoxy) is 1.